The van der Waals surface area contributed by atoms with Crippen molar-refractivity contribution < 1.29 is 4.74 Å². The highest BCUT2D eigenvalue weighted by Crippen LogP contribution is 2.24. The van der Waals surface area contributed by atoms with Crippen LogP contribution in [0.2, 0.25) is 0 Å². The summed E-state index contributed by atoms with van der Waals surface area (Å²) in [6, 6.07) is 0.404. The fraction of sp³-hybridized carbons (Fsp3) is 1.00. The Hall–Kier alpha value is -0.0800. The number of ether oxygens (including phenoxy) is 1. The molecule has 1 fully saturated rings. The molecule has 1 rings (SSSR count). The Labute approximate surface area is 75.5 Å². The van der Waals surface area contributed by atoms with E-state index in [1.165, 1.54) is 0 Å². The highest BCUT2D eigenvalue weighted by Gasteiger charge is 2.27. The van der Waals surface area contributed by atoms with Gasteiger partial charge >= 0.3 is 0 Å². The summed E-state index contributed by atoms with van der Waals surface area (Å²) < 4.78 is 5.79. The lowest BCUT2D eigenvalue weighted by atomic mass is 9.90. The zero-order valence-electron chi connectivity index (χ0n) is 8.42. The van der Waals surface area contributed by atoms with Crippen LogP contribution in [-0.2, 0) is 4.74 Å². The van der Waals surface area contributed by atoms with Gasteiger partial charge in [-0.05, 0) is 32.1 Å². The van der Waals surface area contributed by atoms with E-state index in [9.17, 15) is 0 Å². The van der Waals surface area contributed by atoms with Crippen molar-refractivity contribution in [2.24, 2.45) is 11.7 Å². The quantitative estimate of drug-likeness (QED) is 0.701. The van der Waals surface area contributed by atoms with Crippen LogP contribution in [0, 0.1) is 5.92 Å². The molecule has 0 aromatic carbocycles. The second-order valence-corrected chi connectivity index (χ2v) is 4.43. The zero-order valence-corrected chi connectivity index (χ0v) is 8.42. The van der Waals surface area contributed by atoms with Crippen LogP contribution in [0.25, 0.3) is 0 Å². The molecule has 0 aromatic rings. The molecule has 0 amide bonds. The lowest BCUT2D eigenvalue weighted by Gasteiger charge is -2.34. The molecule has 0 bridgehead atoms. The number of nitrogens with two attached hydrogens (primary N) is 1. The number of hydrogen-bond donors (Lipinski definition) is 1. The molecule has 12 heavy (non-hydrogen) atoms. The van der Waals surface area contributed by atoms with Crippen LogP contribution in [0.5, 0.6) is 0 Å². The van der Waals surface area contributed by atoms with Gasteiger partial charge in [-0.15, -0.1) is 0 Å². The molecule has 2 nitrogen and oxygen atoms in total. The van der Waals surface area contributed by atoms with Crippen molar-refractivity contribution in [2.75, 3.05) is 0 Å². The molecule has 0 radical (unpaired) electrons. The van der Waals surface area contributed by atoms with Gasteiger partial charge in [-0.25, -0.2) is 0 Å². The van der Waals surface area contributed by atoms with Crippen molar-refractivity contribution in [2.45, 2.75) is 58.3 Å². The molecule has 1 saturated carbocycles. The highest BCUT2D eigenvalue weighted by molar-refractivity contribution is 4.83. The summed E-state index contributed by atoms with van der Waals surface area (Å²) in [5.74, 6) is 0.730. The van der Waals surface area contributed by atoms with Crippen LogP contribution in [-0.4, -0.2) is 18.2 Å². The standard InChI is InChI=1S/C10H21NO/c1-7(2)4-8(3)12-10-5-9(11)6-10/h7-10H,4-6,11H2,1-3H3. The van der Waals surface area contributed by atoms with Crippen LogP contribution >= 0.6 is 0 Å². The van der Waals surface area contributed by atoms with E-state index >= 15 is 0 Å². The number of rotatable bonds is 4. The maximum Gasteiger partial charge on any atom is 0.0608 e. The van der Waals surface area contributed by atoms with E-state index in [-0.39, 0.29) is 0 Å². The third kappa shape index (κ3) is 3.11. The smallest absolute Gasteiger partial charge is 0.0608 e. The third-order valence-electron chi connectivity index (χ3n) is 2.36. The van der Waals surface area contributed by atoms with Crippen molar-refractivity contribution in [3.63, 3.8) is 0 Å². The Morgan fingerprint density at radius 2 is 1.92 bits per heavy atom. The van der Waals surface area contributed by atoms with Gasteiger partial charge in [0.15, 0.2) is 0 Å². The normalized spacial score (nSPS) is 31.8. The zero-order chi connectivity index (χ0) is 9.14. The van der Waals surface area contributed by atoms with E-state index < -0.39 is 0 Å². The second-order valence-electron chi connectivity index (χ2n) is 4.43. The highest BCUT2D eigenvalue weighted by atomic mass is 16.5. The molecular formula is C10H21NO. The van der Waals surface area contributed by atoms with Gasteiger partial charge in [-0.3, -0.25) is 0 Å². The molecule has 0 heterocycles. The van der Waals surface area contributed by atoms with Gasteiger partial charge in [0, 0.05) is 6.04 Å². The Bertz CT molecular complexity index is 130. The van der Waals surface area contributed by atoms with Crippen molar-refractivity contribution in [1.82, 2.24) is 0 Å². The molecule has 1 atom stereocenters. The fourth-order valence-corrected chi connectivity index (χ4v) is 1.77. The summed E-state index contributed by atoms with van der Waals surface area (Å²) in [5.41, 5.74) is 5.67. The molecule has 1 aliphatic rings. The van der Waals surface area contributed by atoms with Gasteiger partial charge in [0.2, 0.25) is 0 Å². The summed E-state index contributed by atoms with van der Waals surface area (Å²) in [5, 5.41) is 0. The molecule has 0 saturated heterocycles. The SMILES string of the molecule is CC(C)CC(C)OC1CC(N)C1. The topological polar surface area (TPSA) is 35.2 Å². The Kier molecular flexibility index (Phi) is 3.53. The molecule has 0 aromatic heterocycles. The van der Waals surface area contributed by atoms with E-state index in [1.807, 2.05) is 0 Å². The Balaban J connectivity index is 2.06. The molecular weight excluding hydrogens is 150 g/mol. The predicted molar refractivity (Wildman–Crippen MR) is 51.0 cm³/mol. The maximum atomic E-state index is 5.79. The summed E-state index contributed by atoms with van der Waals surface area (Å²) in [4.78, 5) is 0. The third-order valence-corrected chi connectivity index (χ3v) is 2.36. The summed E-state index contributed by atoms with van der Waals surface area (Å²) in [6.07, 6.45) is 4.13. The van der Waals surface area contributed by atoms with E-state index in [0.29, 0.717) is 18.2 Å². The van der Waals surface area contributed by atoms with Gasteiger partial charge < -0.3 is 10.5 Å². The monoisotopic (exact) mass is 171 g/mol. The van der Waals surface area contributed by atoms with Crippen molar-refractivity contribution in [3.8, 4) is 0 Å². The average molecular weight is 171 g/mol. The molecule has 1 aliphatic carbocycles. The lowest BCUT2D eigenvalue weighted by molar-refractivity contribution is -0.0577. The molecule has 72 valence electrons. The predicted octanol–water partition coefficient (Wildman–Crippen LogP) is 1.93. The number of hydrogen-bond acceptors (Lipinski definition) is 2. The molecule has 2 heteroatoms. The van der Waals surface area contributed by atoms with Gasteiger partial charge in [0.25, 0.3) is 0 Å². The van der Waals surface area contributed by atoms with Crippen LogP contribution in [0.3, 0.4) is 0 Å². The van der Waals surface area contributed by atoms with Crippen LogP contribution in [0.15, 0.2) is 0 Å². The van der Waals surface area contributed by atoms with E-state index in [0.717, 1.165) is 25.2 Å². The molecule has 2 N–H and O–H groups in total. The summed E-state index contributed by atoms with van der Waals surface area (Å²) in [6.45, 7) is 6.61. The van der Waals surface area contributed by atoms with Crippen LogP contribution in [0.1, 0.15) is 40.0 Å². The Morgan fingerprint density at radius 1 is 1.33 bits per heavy atom. The minimum atomic E-state index is 0.404. The first-order valence-corrected chi connectivity index (χ1v) is 4.99. The van der Waals surface area contributed by atoms with Gasteiger partial charge in [0.05, 0.1) is 12.2 Å². The average Bonchev–Trinajstić information content (AvgIpc) is 1.82. The van der Waals surface area contributed by atoms with Crippen molar-refractivity contribution in [1.29, 1.82) is 0 Å². The first-order chi connectivity index (χ1) is 5.58. The summed E-state index contributed by atoms with van der Waals surface area (Å²) in [7, 11) is 0. The van der Waals surface area contributed by atoms with E-state index in [1.54, 1.807) is 0 Å². The minimum absolute atomic E-state index is 0.404. The lowest BCUT2D eigenvalue weighted by Crippen LogP contribution is -2.43. The van der Waals surface area contributed by atoms with Crippen molar-refractivity contribution in [3.05, 3.63) is 0 Å². The minimum Gasteiger partial charge on any atom is -0.375 e. The van der Waals surface area contributed by atoms with Gasteiger partial charge in [0.1, 0.15) is 0 Å². The van der Waals surface area contributed by atoms with Crippen LogP contribution in [0.4, 0.5) is 0 Å². The first-order valence-electron chi connectivity index (χ1n) is 4.99. The fourth-order valence-electron chi connectivity index (χ4n) is 1.77. The maximum absolute atomic E-state index is 5.79. The van der Waals surface area contributed by atoms with E-state index in [2.05, 4.69) is 20.8 Å². The van der Waals surface area contributed by atoms with Crippen LogP contribution < -0.4 is 5.73 Å². The van der Waals surface area contributed by atoms with Crippen molar-refractivity contribution >= 4 is 0 Å². The molecule has 1 unspecified atom stereocenters. The largest absolute Gasteiger partial charge is 0.375 e. The molecule has 0 spiro atoms. The van der Waals surface area contributed by atoms with Gasteiger partial charge in [-0.1, -0.05) is 13.8 Å². The Morgan fingerprint density at radius 3 is 2.33 bits per heavy atom. The first kappa shape index (κ1) is 10.0. The van der Waals surface area contributed by atoms with E-state index in [4.69, 9.17) is 10.5 Å². The molecule has 0 aliphatic heterocycles. The second kappa shape index (κ2) is 4.24. The summed E-state index contributed by atoms with van der Waals surface area (Å²) >= 11 is 0. The van der Waals surface area contributed by atoms with Gasteiger partial charge in [-0.2, -0.15) is 0 Å².